The van der Waals surface area contributed by atoms with Crippen molar-refractivity contribution in [3.05, 3.63) is 123 Å². The van der Waals surface area contributed by atoms with Crippen LogP contribution in [-0.2, 0) is 32.6 Å². The number of amides is 2. The summed E-state index contributed by atoms with van der Waals surface area (Å²) in [4.78, 5) is 30.0. The number of aryl methyl sites for hydroxylation is 1. The molecule has 8 nitrogen and oxygen atoms in total. The molecule has 0 bridgehead atoms. The summed E-state index contributed by atoms with van der Waals surface area (Å²) in [5, 5.41) is 3.46. The Bertz CT molecular complexity index is 1790. The zero-order valence-electron chi connectivity index (χ0n) is 26.8. The summed E-state index contributed by atoms with van der Waals surface area (Å²) in [5.74, 6) is -0.446. The van der Waals surface area contributed by atoms with Crippen molar-refractivity contribution in [3.63, 3.8) is 0 Å². The van der Waals surface area contributed by atoms with E-state index in [0.29, 0.717) is 32.9 Å². The first kappa shape index (κ1) is 36.0. The maximum absolute atomic E-state index is 14.6. The monoisotopic (exact) mass is 739 g/mol. The molecule has 4 aromatic carbocycles. The van der Waals surface area contributed by atoms with E-state index >= 15 is 0 Å². The highest BCUT2D eigenvalue weighted by atomic mass is 79.9. The second kappa shape index (κ2) is 16.3. The predicted octanol–water partition coefficient (Wildman–Crippen LogP) is 7.17. The van der Waals surface area contributed by atoms with E-state index in [-0.39, 0.29) is 29.8 Å². The minimum Gasteiger partial charge on any atom is -0.496 e. The van der Waals surface area contributed by atoms with E-state index in [1.807, 2.05) is 51.1 Å². The van der Waals surface area contributed by atoms with Crippen molar-refractivity contribution >= 4 is 55.1 Å². The number of anilines is 1. The number of methoxy groups -OCH3 is 1. The van der Waals surface area contributed by atoms with Crippen molar-refractivity contribution < 1.29 is 22.7 Å². The minimum absolute atomic E-state index is 0.0141. The quantitative estimate of drug-likeness (QED) is 0.148. The van der Waals surface area contributed by atoms with Crippen LogP contribution in [0.25, 0.3) is 0 Å². The lowest BCUT2D eigenvalue weighted by molar-refractivity contribution is -0.140. The maximum Gasteiger partial charge on any atom is 0.264 e. The maximum atomic E-state index is 14.6. The molecule has 0 spiro atoms. The van der Waals surface area contributed by atoms with Gasteiger partial charge in [-0.3, -0.25) is 13.9 Å². The second-order valence-corrected chi connectivity index (χ2v) is 14.4. The van der Waals surface area contributed by atoms with Gasteiger partial charge < -0.3 is 15.0 Å². The Hall–Kier alpha value is -3.86. The molecule has 0 aromatic heterocycles. The first-order valence-corrected chi connectivity index (χ1v) is 17.9. The number of hydrogen-bond acceptors (Lipinski definition) is 5. The number of carbonyl (C=O) groups is 2. The van der Waals surface area contributed by atoms with E-state index in [4.69, 9.17) is 16.3 Å². The molecular formula is C36H39BrClN3O5S. The summed E-state index contributed by atoms with van der Waals surface area (Å²) < 4.78 is 35.4. The summed E-state index contributed by atoms with van der Waals surface area (Å²) in [6.07, 6.45) is 0.904. The van der Waals surface area contributed by atoms with Crippen molar-refractivity contribution in [1.29, 1.82) is 0 Å². The fraction of sp³-hybridized carbons (Fsp3) is 0.278. The number of benzene rings is 4. The van der Waals surface area contributed by atoms with E-state index < -0.39 is 28.5 Å². The smallest absolute Gasteiger partial charge is 0.264 e. The predicted molar refractivity (Wildman–Crippen MR) is 190 cm³/mol. The average Bonchev–Trinajstić information content (AvgIpc) is 3.06. The lowest BCUT2D eigenvalue weighted by atomic mass is 10.0. The van der Waals surface area contributed by atoms with Gasteiger partial charge in [0.1, 0.15) is 18.3 Å². The highest BCUT2D eigenvalue weighted by Crippen LogP contribution is 2.31. The van der Waals surface area contributed by atoms with Gasteiger partial charge in [-0.1, -0.05) is 84.8 Å². The number of nitrogens with zero attached hydrogens (tertiary/aromatic N) is 2. The Labute approximate surface area is 290 Å². The first-order valence-electron chi connectivity index (χ1n) is 15.2. The van der Waals surface area contributed by atoms with Crippen LogP contribution in [0.1, 0.15) is 37.0 Å². The highest BCUT2D eigenvalue weighted by molar-refractivity contribution is 9.10. The summed E-state index contributed by atoms with van der Waals surface area (Å²) in [6.45, 7) is 5.17. The van der Waals surface area contributed by atoms with Gasteiger partial charge in [0.05, 0.1) is 22.2 Å². The van der Waals surface area contributed by atoms with Crippen LogP contribution in [0.15, 0.2) is 106 Å². The lowest BCUT2D eigenvalue weighted by Gasteiger charge is -2.34. The summed E-state index contributed by atoms with van der Waals surface area (Å²) in [5.41, 5.74) is 2.70. The highest BCUT2D eigenvalue weighted by Gasteiger charge is 2.35. The Kier molecular flexibility index (Phi) is 12.5. The molecule has 0 radical (unpaired) electrons. The molecule has 2 atom stereocenters. The summed E-state index contributed by atoms with van der Waals surface area (Å²) in [6, 6.07) is 26.7. The van der Waals surface area contributed by atoms with Crippen LogP contribution in [0.4, 0.5) is 5.69 Å². The molecule has 11 heteroatoms. The van der Waals surface area contributed by atoms with Crippen LogP contribution in [0, 0.1) is 6.92 Å². The van der Waals surface area contributed by atoms with E-state index in [1.165, 1.54) is 24.1 Å². The molecule has 0 fully saturated rings. The summed E-state index contributed by atoms with van der Waals surface area (Å²) >= 11 is 9.96. The normalized spacial score (nSPS) is 12.6. The van der Waals surface area contributed by atoms with E-state index in [0.717, 1.165) is 15.4 Å². The zero-order valence-corrected chi connectivity index (χ0v) is 30.0. The lowest BCUT2D eigenvalue weighted by Crippen LogP contribution is -2.54. The second-order valence-electron chi connectivity index (χ2n) is 11.3. The van der Waals surface area contributed by atoms with Crippen molar-refractivity contribution in [2.45, 2.75) is 57.1 Å². The van der Waals surface area contributed by atoms with Crippen molar-refractivity contribution in [3.8, 4) is 5.75 Å². The number of carbonyl (C=O) groups excluding carboxylic acids is 2. The standard InChI is InChI=1S/C36H39BrClN3O5S/c1-5-26(3)39-36(43)33(21-27-11-7-6-8-12-27)40(23-28-13-9-10-14-32(28)38)35(42)24-41(29-17-15-25(2)16-18-29)47(44,45)30-19-20-34(46-4)31(37)22-30/h6-20,22,26,33H,5,21,23-24H2,1-4H3,(H,39,43). The molecule has 248 valence electrons. The van der Waals surface area contributed by atoms with Crippen LogP contribution in [0.2, 0.25) is 5.02 Å². The SMILES string of the molecule is CCC(C)NC(=O)C(Cc1ccccc1)N(Cc1ccccc1Cl)C(=O)CN(c1ccc(C)cc1)S(=O)(=O)c1ccc(OC)c(Br)c1. The molecule has 0 aliphatic carbocycles. The number of sulfonamides is 1. The number of halogens is 2. The van der Waals surface area contributed by atoms with Gasteiger partial charge >= 0.3 is 0 Å². The summed E-state index contributed by atoms with van der Waals surface area (Å²) in [7, 11) is -2.79. The first-order chi connectivity index (χ1) is 22.4. The van der Waals surface area contributed by atoms with Gasteiger partial charge in [0.25, 0.3) is 10.0 Å². The molecule has 2 amide bonds. The third kappa shape index (κ3) is 9.15. The van der Waals surface area contributed by atoms with Gasteiger partial charge in [-0.05, 0) is 83.7 Å². The Balaban J connectivity index is 1.83. The van der Waals surface area contributed by atoms with Gasteiger partial charge in [0, 0.05) is 24.0 Å². The Morgan fingerprint density at radius 2 is 1.62 bits per heavy atom. The van der Waals surface area contributed by atoms with Crippen LogP contribution >= 0.6 is 27.5 Å². The van der Waals surface area contributed by atoms with E-state index in [9.17, 15) is 18.0 Å². The van der Waals surface area contributed by atoms with E-state index in [1.54, 1.807) is 54.6 Å². The van der Waals surface area contributed by atoms with Crippen LogP contribution in [-0.4, -0.2) is 50.9 Å². The van der Waals surface area contributed by atoms with Gasteiger partial charge in [-0.25, -0.2) is 8.42 Å². The third-order valence-corrected chi connectivity index (χ3v) is 10.6. The van der Waals surface area contributed by atoms with Gasteiger partial charge in [-0.2, -0.15) is 0 Å². The third-order valence-electron chi connectivity index (χ3n) is 7.88. The number of rotatable bonds is 14. The molecule has 2 unspecified atom stereocenters. The van der Waals surface area contributed by atoms with Gasteiger partial charge in [-0.15, -0.1) is 0 Å². The Morgan fingerprint density at radius 1 is 0.957 bits per heavy atom. The molecule has 4 rings (SSSR count). The van der Waals surface area contributed by atoms with Crippen molar-refractivity contribution in [2.24, 2.45) is 0 Å². The molecule has 0 saturated heterocycles. The average molecular weight is 741 g/mol. The molecule has 0 saturated carbocycles. The van der Waals surface area contributed by atoms with Crippen LogP contribution in [0.5, 0.6) is 5.75 Å². The van der Waals surface area contributed by atoms with Crippen LogP contribution in [0.3, 0.4) is 0 Å². The molecule has 47 heavy (non-hydrogen) atoms. The zero-order chi connectivity index (χ0) is 34.1. The van der Waals surface area contributed by atoms with Crippen molar-refractivity contribution in [2.75, 3.05) is 18.0 Å². The number of hydrogen-bond donors (Lipinski definition) is 1. The fourth-order valence-corrected chi connectivity index (χ4v) is 7.31. The Morgan fingerprint density at radius 3 is 2.23 bits per heavy atom. The largest absolute Gasteiger partial charge is 0.496 e. The van der Waals surface area contributed by atoms with Gasteiger partial charge in [0.15, 0.2) is 0 Å². The minimum atomic E-state index is -4.28. The molecular weight excluding hydrogens is 702 g/mol. The van der Waals surface area contributed by atoms with Crippen molar-refractivity contribution in [1.82, 2.24) is 10.2 Å². The van der Waals surface area contributed by atoms with Gasteiger partial charge in [0.2, 0.25) is 11.8 Å². The molecule has 0 heterocycles. The number of ether oxygens (including phenoxy) is 1. The van der Waals surface area contributed by atoms with E-state index in [2.05, 4.69) is 21.2 Å². The topological polar surface area (TPSA) is 96.0 Å². The molecule has 0 aliphatic heterocycles. The molecule has 0 aliphatic rings. The number of nitrogens with one attached hydrogen (secondary N) is 1. The molecule has 4 aromatic rings. The molecule has 1 N–H and O–H groups in total. The fourth-order valence-electron chi connectivity index (χ4n) is 4.98. The van der Waals surface area contributed by atoms with Crippen LogP contribution < -0.4 is 14.4 Å².